The molecule has 36 heavy (non-hydrogen) atoms. The zero-order valence-electron chi connectivity index (χ0n) is 20.2. The molecule has 2 aromatic heterocycles. The van der Waals surface area contributed by atoms with Crippen LogP contribution in [-0.2, 0) is 4.84 Å². The maximum absolute atomic E-state index is 14.9. The molecule has 5 rings (SSSR count). The number of halogens is 1. The van der Waals surface area contributed by atoms with Crippen molar-refractivity contribution in [3.8, 4) is 11.1 Å². The molecule has 4 aromatic rings. The molecule has 182 valence electrons. The van der Waals surface area contributed by atoms with Gasteiger partial charge in [-0.2, -0.15) is 0 Å². The number of oxime groups is 1. The molecule has 0 saturated carbocycles. The molecule has 8 heteroatoms. The van der Waals surface area contributed by atoms with Gasteiger partial charge in [-0.3, -0.25) is 9.78 Å². The van der Waals surface area contributed by atoms with Crippen molar-refractivity contribution < 1.29 is 14.0 Å². The SMILES string of the molecule is Cc1ccc(-c2cc(C(=O)NC(C)c3nc(C)cs3)cc(C3=NOC(c4ccccn4)C3)c2)c(F)c1. The zero-order valence-corrected chi connectivity index (χ0v) is 21.0. The van der Waals surface area contributed by atoms with E-state index in [0.717, 1.165) is 22.0 Å². The van der Waals surface area contributed by atoms with Crippen LogP contribution >= 0.6 is 11.3 Å². The number of amides is 1. The van der Waals surface area contributed by atoms with Crippen molar-refractivity contribution in [1.29, 1.82) is 0 Å². The Morgan fingerprint density at radius 3 is 2.69 bits per heavy atom. The highest BCUT2D eigenvalue weighted by Gasteiger charge is 2.26. The second kappa shape index (κ2) is 9.99. The van der Waals surface area contributed by atoms with Gasteiger partial charge < -0.3 is 10.2 Å². The van der Waals surface area contributed by atoms with E-state index in [-0.39, 0.29) is 23.9 Å². The third-order valence-electron chi connectivity index (χ3n) is 6.01. The first kappa shape index (κ1) is 23.8. The summed E-state index contributed by atoms with van der Waals surface area (Å²) in [6.45, 7) is 5.65. The molecular weight excluding hydrogens is 475 g/mol. The maximum atomic E-state index is 14.9. The van der Waals surface area contributed by atoms with Crippen LogP contribution in [0.25, 0.3) is 11.1 Å². The monoisotopic (exact) mass is 500 g/mol. The van der Waals surface area contributed by atoms with Crippen LogP contribution in [0.2, 0.25) is 0 Å². The predicted octanol–water partition coefficient (Wildman–Crippen LogP) is 6.32. The molecule has 0 spiro atoms. The van der Waals surface area contributed by atoms with Crippen LogP contribution in [0.5, 0.6) is 0 Å². The number of rotatable bonds is 6. The van der Waals surface area contributed by atoms with Crippen molar-refractivity contribution >= 4 is 23.0 Å². The van der Waals surface area contributed by atoms with Gasteiger partial charge in [0.25, 0.3) is 5.91 Å². The van der Waals surface area contributed by atoms with Crippen LogP contribution in [0.1, 0.15) is 63.4 Å². The first-order valence-corrected chi connectivity index (χ1v) is 12.5. The summed E-state index contributed by atoms with van der Waals surface area (Å²) in [6, 6.07) is 15.8. The Kier molecular flexibility index (Phi) is 6.61. The summed E-state index contributed by atoms with van der Waals surface area (Å²) in [5.74, 6) is -0.618. The fraction of sp³-hybridized carbons (Fsp3) is 0.214. The van der Waals surface area contributed by atoms with Crippen LogP contribution in [0.4, 0.5) is 4.39 Å². The minimum Gasteiger partial charge on any atom is -0.385 e. The Hall–Kier alpha value is -3.91. The molecule has 1 N–H and O–H groups in total. The van der Waals surface area contributed by atoms with Gasteiger partial charge in [0.05, 0.1) is 17.4 Å². The molecule has 0 saturated heterocycles. The molecular formula is C28H25FN4O2S. The summed E-state index contributed by atoms with van der Waals surface area (Å²) < 4.78 is 14.9. The smallest absolute Gasteiger partial charge is 0.251 e. The molecule has 0 fully saturated rings. The van der Waals surface area contributed by atoms with E-state index in [2.05, 4.69) is 20.4 Å². The average molecular weight is 501 g/mol. The highest BCUT2D eigenvalue weighted by molar-refractivity contribution is 7.09. The van der Waals surface area contributed by atoms with E-state index in [9.17, 15) is 9.18 Å². The van der Waals surface area contributed by atoms with Crippen molar-refractivity contribution in [2.24, 2.45) is 5.16 Å². The molecule has 0 bridgehead atoms. The van der Waals surface area contributed by atoms with Crippen LogP contribution < -0.4 is 5.32 Å². The molecule has 0 aliphatic carbocycles. The van der Waals surface area contributed by atoms with Crippen LogP contribution in [0.3, 0.4) is 0 Å². The van der Waals surface area contributed by atoms with Crippen molar-refractivity contribution in [2.45, 2.75) is 39.3 Å². The van der Waals surface area contributed by atoms with Crippen molar-refractivity contribution in [3.63, 3.8) is 0 Å². The molecule has 0 radical (unpaired) electrons. The first-order chi connectivity index (χ1) is 17.4. The standard InChI is InChI=1S/C28H25FN4O2S/c1-16-7-8-22(23(29)10-16)19-11-20(25-14-26(35-33-25)24-6-4-5-9-30-24)13-21(12-19)27(34)32-18(3)28-31-17(2)15-36-28/h4-13,15,18,26H,14H2,1-3H3,(H,32,34). The number of aromatic nitrogens is 2. The Morgan fingerprint density at radius 1 is 1.14 bits per heavy atom. The highest BCUT2D eigenvalue weighted by atomic mass is 32.1. The normalized spacial score (nSPS) is 15.8. The number of hydrogen-bond acceptors (Lipinski definition) is 6. The lowest BCUT2D eigenvalue weighted by Gasteiger charge is -2.14. The first-order valence-electron chi connectivity index (χ1n) is 11.7. The molecule has 1 amide bonds. The quantitative estimate of drug-likeness (QED) is 0.336. The van der Waals surface area contributed by atoms with Gasteiger partial charge in [-0.05, 0) is 68.3 Å². The number of benzene rings is 2. The molecule has 2 atom stereocenters. The van der Waals surface area contributed by atoms with E-state index in [0.29, 0.717) is 34.4 Å². The second-order valence-electron chi connectivity index (χ2n) is 8.90. The van der Waals surface area contributed by atoms with Crippen molar-refractivity contribution in [2.75, 3.05) is 0 Å². The number of hydrogen-bond donors (Lipinski definition) is 1. The van der Waals surface area contributed by atoms with E-state index < -0.39 is 0 Å². The summed E-state index contributed by atoms with van der Waals surface area (Å²) >= 11 is 1.50. The van der Waals surface area contributed by atoms with Crippen LogP contribution in [-0.4, -0.2) is 21.6 Å². The van der Waals surface area contributed by atoms with Crippen molar-refractivity contribution in [3.05, 3.63) is 105 Å². The second-order valence-corrected chi connectivity index (χ2v) is 9.79. The highest BCUT2D eigenvalue weighted by Crippen LogP contribution is 2.32. The molecule has 2 aromatic carbocycles. The van der Waals surface area contributed by atoms with E-state index in [1.807, 2.05) is 56.5 Å². The summed E-state index contributed by atoms with van der Waals surface area (Å²) in [7, 11) is 0. The number of nitrogens with one attached hydrogen (secondary N) is 1. The third kappa shape index (κ3) is 5.04. The Bertz CT molecular complexity index is 1450. The van der Waals surface area contributed by atoms with Gasteiger partial charge in [-0.1, -0.05) is 23.4 Å². The summed E-state index contributed by atoms with van der Waals surface area (Å²) in [6.07, 6.45) is 1.89. The number of carbonyl (C=O) groups excluding carboxylic acids is 1. The van der Waals surface area contributed by atoms with Gasteiger partial charge in [-0.15, -0.1) is 11.3 Å². The summed E-state index contributed by atoms with van der Waals surface area (Å²) in [5, 5.41) is 10.1. The van der Waals surface area contributed by atoms with E-state index in [1.54, 1.807) is 24.4 Å². The maximum Gasteiger partial charge on any atom is 0.251 e. The Morgan fingerprint density at radius 2 is 1.97 bits per heavy atom. The predicted molar refractivity (Wildman–Crippen MR) is 139 cm³/mol. The van der Waals surface area contributed by atoms with E-state index in [1.165, 1.54) is 17.4 Å². The molecule has 2 unspecified atom stereocenters. The number of carbonyl (C=O) groups is 1. The van der Waals surface area contributed by atoms with Gasteiger partial charge in [0.2, 0.25) is 0 Å². The third-order valence-corrected chi connectivity index (χ3v) is 7.15. The van der Waals surface area contributed by atoms with Gasteiger partial charge in [0.1, 0.15) is 10.8 Å². The molecule has 1 aliphatic rings. The van der Waals surface area contributed by atoms with E-state index in [4.69, 9.17) is 4.84 Å². The molecule has 6 nitrogen and oxygen atoms in total. The fourth-order valence-corrected chi connectivity index (χ4v) is 4.92. The minimum absolute atomic E-state index is 0.264. The lowest BCUT2D eigenvalue weighted by Crippen LogP contribution is -2.27. The van der Waals surface area contributed by atoms with Gasteiger partial charge in [0.15, 0.2) is 6.10 Å². The Balaban J connectivity index is 1.49. The summed E-state index contributed by atoms with van der Waals surface area (Å²) in [5.41, 5.74) is 5.32. The lowest BCUT2D eigenvalue weighted by molar-refractivity contribution is 0.0826. The molecule has 3 heterocycles. The largest absolute Gasteiger partial charge is 0.385 e. The number of aryl methyl sites for hydroxylation is 2. The van der Waals surface area contributed by atoms with Gasteiger partial charge in [-0.25, -0.2) is 9.37 Å². The average Bonchev–Trinajstić information content (AvgIpc) is 3.54. The molecule has 1 aliphatic heterocycles. The Labute approximate surface area is 212 Å². The lowest BCUT2D eigenvalue weighted by atomic mass is 9.94. The van der Waals surface area contributed by atoms with Crippen LogP contribution in [0.15, 0.2) is 71.3 Å². The van der Waals surface area contributed by atoms with Crippen molar-refractivity contribution in [1.82, 2.24) is 15.3 Å². The topological polar surface area (TPSA) is 76.5 Å². The summed E-state index contributed by atoms with van der Waals surface area (Å²) in [4.78, 5) is 27.8. The minimum atomic E-state index is -0.346. The van der Waals surface area contributed by atoms with Crippen LogP contribution in [0, 0.1) is 19.7 Å². The van der Waals surface area contributed by atoms with Gasteiger partial charge in [0, 0.05) is 40.4 Å². The van der Waals surface area contributed by atoms with Gasteiger partial charge >= 0.3 is 0 Å². The van der Waals surface area contributed by atoms with E-state index >= 15 is 0 Å². The fourth-order valence-electron chi connectivity index (χ4n) is 4.12. The number of thiazole rings is 1. The zero-order chi connectivity index (χ0) is 25.2. The number of nitrogens with zero attached hydrogens (tertiary/aromatic N) is 3. The number of pyridine rings is 1.